The number of nitrogens with zero attached hydrogens (tertiary/aromatic N) is 3. The van der Waals surface area contributed by atoms with E-state index in [0.29, 0.717) is 0 Å². The summed E-state index contributed by atoms with van der Waals surface area (Å²) in [7, 11) is 0. The molecule has 5 heteroatoms. The van der Waals surface area contributed by atoms with E-state index in [1.165, 1.54) is 5.56 Å². The van der Waals surface area contributed by atoms with Gasteiger partial charge in [0.25, 0.3) is 0 Å². The predicted octanol–water partition coefficient (Wildman–Crippen LogP) is 5.28. The predicted molar refractivity (Wildman–Crippen MR) is 119 cm³/mol. The molecule has 0 aliphatic carbocycles. The third kappa shape index (κ3) is 5.83. The minimum Gasteiger partial charge on any atom is -0.457 e. The summed E-state index contributed by atoms with van der Waals surface area (Å²) in [6.45, 7) is 4.79. The molecular formula is C24H24ClN3O. The fourth-order valence-corrected chi connectivity index (χ4v) is 3.42. The number of hydrazone groups is 1. The van der Waals surface area contributed by atoms with Crippen molar-refractivity contribution in [3.63, 3.8) is 0 Å². The third-order valence-electron chi connectivity index (χ3n) is 4.88. The molecule has 1 saturated heterocycles. The molecule has 1 aliphatic rings. The maximum absolute atomic E-state index is 5.97. The maximum Gasteiger partial charge on any atom is 0.128 e. The van der Waals surface area contributed by atoms with Crippen LogP contribution in [-0.2, 0) is 6.54 Å². The van der Waals surface area contributed by atoms with Crippen LogP contribution in [0.2, 0.25) is 5.02 Å². The van der Waals surface area contributed by atoms with E-state index in [1.807, 2.05) is 72.9 Å². The molecule has 148 valence electrons. The second kappa shape index (κ2) is 9.59. The molecule has 1 fully saturated rings. The second-order valence-corrected chi connectivity index (χ2v) is 7.52. The molecule has 0 aromatic heterocycles. The molecule has 29 heavy (non-hydrogen) atoms. The summed E-state index contributed by atoms with van der Waals surface area (Å²) in [5, 5.41) is 7.57. The van der Waals surface area contributed by atoms with E-state index in [0.717, 1.165) is 54.8 Å². The van der Waals surface area contributed by atoms with Crippen LogP contribution in [0.25, 0.3) is 0 Å². The molecule has 0 radical (unpaired) electrons. The Hall–Kier alpha value is -2.82. The molecule has 0 bridgehead atoms. The van der Waals surface area contributed by atoms with Gasteiger partial charge in [-0.25, -0.2) is 0 Å². The molecule has 3 aromatic carbocycles. The average molecular weight is 406 g/mol. The second-order valence-electron chi connectivity index (χ2n) is 7.09. The molecule has 0 N–H and O–H groups in total. The van der Waals surface area contributed by atoms with Crippen LogP contribution in [0, 0.1) is 0 Å². The Morgan fingerprint density at radius 3 is 2.31 bits per heavy atom. The molecule has 1 aliphatic heterocycles. The van der Waals surface area contributed by atoms with Gasteiger partial charge in [0.1, 0.15) is 11.5 Å². The highest BCUT2D eigenvalue weighted by atomic mass is 35.5. The summed E-state index contributed by atoms with van der Waals surface area (Å²) in [5.74, 6) is 1.64. The Kier molecular flexibility index (Phi) is 6.45. The SMILES string of the molecule is Clc1ccc(CN2CCN(/N=C\c3cccc(Oc4ccccc4)c3)CC2)cc1. The van der Waals surface area contributed by atoms with Gasteiger partial charge in [-0.15, -0.1) is 0 Å². The van der Waals surface area contributed by atoms with Gasteiger partial charge in [-0.05, 0) is 47.5 Å². The first-order valence-corrected chi connectivity index (χ1v) is 10.2. The molecular weight excluding hydrogens is 382 g/mol. The van der Waals surface area contributed by atoms with Crippen LogP contribution in [-0.4, -0.2) is 42.3 Å². The van der Waals surface area contributed by atoms with Gasteiger partial charge in [0.15, 0.2) is 0 Å². The van der Waals surface area contributed by atoms with E-state index in [2.05, 4.69) is 27.1 Å². The van der Waals surface area contributed by atoms with Crippen LogP contribution in [0.1, 0.15) is 11.1 Å². The fourth-order valence-electron chi connectivity index (χ4n) is 3.29. The summed E-state index contributed by atoms with van der Waals surface area (Å²) < 4.78 is 5.90. The monoisotopic (exact) mass is 405 g/mol. The molecule has 0 atom stereocenters. The van der Waals surface area contributed by atoms with Crippen molar-refractivity contribution in [1.29, 1.82) is 0 Å². The molecule has 0 amide bonds. The average Bonchev–Trinajstić information content (AvgIpc) is 2.76. The number of rotatable bonds is 6. The van der Waals surface area contributed by atoms with Gasteiger partial charge in [0.2, 0.25) is 0 Å². The summed E-state index contributed by atoms with van der Waals surface area (Å²) in [6, 6.07) is 25.9. The standard InChI is InChI=1S/C24H24ClN3O/c25-22-11-9-20(10-12-22)19-27-13-15-28(16-14-27)26-18-21-5-4-8-24(17-21)29-23-6-2-1-3-7-23/h1-12,17-18H,13-16,19H2/b26-18-. The zero-order valence-corrected chi connectivity index (χ0v) is 17.0. The van der Waals surface area contributed by atoms with Gasteiger partial charge in [0.05, 0.1) is 6.21 Å². The molecule has 0 saturated carbocycles. The number of ether oxygens (including phenoxy) is 1. The van der Waals surface area contributed by atoms with E-state index in [1.54, 1.807) is 0 Å². The Balaban J connectivity index is 1.29. The first-order chi connectivity index (χ1) is 14.2. The highest BCUT2D eigenvalue weighted by Crippen LogP contribution is 2.21. The van der Waals surface area contributed by atoms with Crippen molar-refractivity contribution < 1.29 is 4.74 Å². The minimum absolute atomic E-state index is 0.783. The van der Waals surface area contributed by atoms with Crippen molar-refractivity contribution >= 4 is 17.8 Å². The number of hydrogen-bond donors (Lipinski definition) is 0. The van der Waals surface area contributed by atoms with Gasteiger partial charge >= 0.3 is 0 Å². The fraction of sp³-hybridized carbons (Fsp3) is 0.208. The van der Waals surface area contributed by atoms with Gasteiger partial charge in [-0.1, -0.05) is 54.1 Å². The van der Waals surface area contributed by atoms with Crippen LogP contribution in [0.15, 0.2) is 84.0 Å². The van der Waals surface area contributed by atoms with Crippen LogP contribution in [0.4, 0.5) is 0 Å². The van der Waals surface area contributed by atoms with Gasteiger partial charge in [-0.2, -0.15) is 5.10 Å². The summed E-state index contributed by atoms with van der Waals surface area (Å²) in [4.78, 5) is 2.45. The van der Waals surface area contributed by atoms with E-state index in [4.69, 9.17) is 16.3 Å². The highest BCUT2D eigenvalue weighted by molar-refractivity contribution is 6.30. The normalized spacial score (nSPS) is 15.0. The number of halogens is 1. The molecule has 0 spiro atoms. The zero-order chi connectivity index (χ0) is 19.9. The lowest BCUT2D eigenvalue weighted by molar-refractivity contribution is 0.131. The number of piperazine rings is 1. The highest BCUT2D eigenvalue weighted by Gasteiger charge is 2.15. The first-order valence-electron chi connectivity index (χ1n) is 9.83. The largest absolute Gasteiger partial charge is 0.457 e. The Morgan fingerprint density at radius 2 is 1.55 bits per heavy atom. The van der Waals surface area contributed by atoms with Gasteiger partial charge in [0, 0.05) is 37.7 Å². The van der Waals surface area contributed by atoms with Crippen molar-refractivity contribution in [3.8, 4) is 11.5 Å². The summed E-state index contributed by atoms with van der Waals surface area (Å²) in [6.07, 6.45) is 1.91. The van der Waals surface area contributed by atoms with E-state index >= 15 is 0 Å². The molecule has 1 heterocycles. The topological polar surface area (TPSA) is 28.1 Å². The Bertz CT molecular complexity index is 936. The maximum atomic E-state index is 5.97. The first kappa shape index (κ1) is 19.5. The van der Waals surface area contributed by atoms with E-state index in [9.17, 15) is 0 Å². The molecule has 4 nitrogen and oxygen atoms in total. The zero-order valence-electron chi connectivity index (χ0n) is 16.2. The Labute approximate surface area is 177 Å². The van der Waals surface area contributed by atoms with Crippen molar-refractivity contribution in [1.82, 2.24) is 9.91 Å². The van der Waals surface area contributed by atoms with E-state index in [-0.39, 0.29) is 0 Å². The lowest BCUT2D eigenvalue weighted by atomic mass is 10.2. The van der Waals surface area contributed by atoms with Crippen molar-refractivity contribution in [2.75, 3.05) is 26.2 Å². The summed E-state index contributed by atoms with van der Waals surface area (Å²) in [5.41, 5.74) is 2.32. The Morgan fingerprint density at radius 1 is 0.828 bits per heavy atom. The van der Waals surface area contributed by atoms with Crippen LogP contribution >= 0.6 is 11.6 Å². The van der Waals surface area contributed by atoms with E-state index < -0.39 is 0 Å². The quantitative estimate of drug-likeness (QED) is 0.522. The molecule has 0 unspecified atom stereocenters. The smallest absolute Gasteiger partial charge is 0.128 e. The van der Waals surface area contributed by atoms with Crippen molar-refractivity contribution in [2.45, 2.75) is 6.54 Å². The number of hydrogen-bond acceptors (Lipinski definition) is 4. The minimum atomic E-state index is 0.783. The number of benzene rings is 3. The van der Waals surface area contributed by atoms with Gasteiger partial charge in [-0.3, -0.25) is 9.91 Å². The van der Waals surface area contributed by atoms with Crippen molar-refractivity contribution in [3.05, 3.63) is 95.0 Å². The number of para-hydroxylation sites is 1. The van der Waals surface area contributed by atoms with Crippen LogP contribution < -0.4 is 4.74 Å². The van der Waals surface area contributed by atoms with Crippen LogP contribution in [0.3, 0.4) is 0 Å². The molecule has 3 aromatic rings. The van der Waals surface area contributed by atoms with Crippen LogP contribution in [0.5, 0.6) is 11.5 Å². The van der Waals surface area contributed by atoms with Gasteiger partial charge < -0.3 is 4.74 Å². The third-order valence-corrected chi connectivity index (χ3v) is 5.13. The summed E-state index contributed by atoms with van der Waals surface area (Å²) >= 11 is 5.97. The molecule has 4 rings (SSSR count). The van der Waals surface area contributed by atoms with Crippen molar-refractivity contribution in [2.24, 2.45) is 5.10 Å². The lowest BCUT2D eigenvalue weighted by Crippen LogP contribution is -2.43. The lowest BCUT2D eigenvalue weighted by Gasteiger charge is -2.33.